The van der Waals surface area contributed by atoms with Gasteiger partial charge in [-0.2, -0.15) is 0 Å². The summed E-state index contributed by atoms with van der Waals surface area (Å²) in [7, 11) is 1.22. The quantitative estimate of drug-likeness (QED) is 0.547. The maximum atomic E-state index is 10.6. The van der Waals surface area contributed by atoms with Crippen molar-refractivity contribution in [3.8, 4) is 0 Å². The topological polar surface area (TPSA) is 64.6 Å². The van der Waals surface area contributed by atoms with Gasteiger partial charge in [0.05, 0.1) is 7.11 Å². The second-order valence-electron chi connectivity index (χ2n) is 2.17. The van der Waals surface area contributed by atoms with E-state index in [2.05, 4.69) is 14.8 Å². The zero-order valence-electron chi connectivity index (χ0n) is 6.12. The molecule has 1 aliphatic heterocycles. The highest BCUT2D eigenvalue weighted by atomic mass is 16.7. The van der Waals surface area contributed by atoms with Crippen LogP contribution in [0.1, 0.15) is 12.8 Å². The molecule has 0 spiro atoms. The number of hydrogen-bond acceptors (Lipinski definition) is 4. The molecule has 1 heterocycles. The van der Waals surface area contributed by atoms with E-state index in [0.717, 1.165) is 0 Å². The first kappa shape index (κ1) is 7.84. The lowest BCUT2D eigenvalue weighted by Crippen LogP contribution is -2.30. The highest BCUT2D eigenvalue weighted by Crippen LogP contribution is 2.07. The van der Waals surface area contributed by atoms with Gasteiger partial charge in [-0.15, -0.1) is 0 Å². The lowest BCUT2D eigenvalue weighted by atomic mass is 10.3. The van der Waals surface area contributed by atoms with Crippen molar-refractivity contribution in [2.75, 3.05) is 7.11 Å². The Balaban J connectivity index is 2.28. The van der Waals surface area contributed by atoms with Crippen LogP contribution in [0, 0.1) is 0 Å². The van der Waals surface area contributed by atoms with E-state index in [0.29, 0.717) is 12.8 Å². The van der Waals surface area contributed by atoms with Crippen LogP contribution in [0.4, 0.5) is 4.79 Å². The molecule has 1 rings (SSSR count). The van der Waals surface area contributed by atoms with Crippen molar-refractivity contribution in [1.82, 2.24) is 5.32 Å². The molecule has 5 heteroatoms. The second-order valence-corrected chi connectivity index (χ2v) is 2.17. The van der Waals surface area contributed by atoms with Gasteiger partial charge in [-0.3, -0.25) is 4.79 Å². The summed E-state index contributed by atoms with van der Waals surface area (Å²) < 4.78 is 8.87. The summed E-state index contributed by atoms with van der Waals surface area (Å²) in [5, 5.41) is 2.46. The molecule has 0 aromatic heterocycles. The molecule has 0 bridgehead atoms. The number of ether oxygens (including phenoxy) is 2. The third kappa shape index (κ3) is 2.10. The van der Waals surface area contributed by atoms with Gasteiger partial charge in [0.1, 0.15) is 0 Å². The largest absolute Gasteiger partial charge is 0.509 e. The van der Waals surface area contributed by atoms with Gasteiger partial charge in [0.15, 0.2) is 6.23 Å². The number of nitrogens with one attached hydrogen (secondary N) is 1. The highest BCUT2D eigenvalue weighted by Gasteiger charge is 2.23. The Bertz CT molecular complexity index is 179. The van der Waals surface area contributed by atoms with Crippen molar-refractivity contribution in [1.29, 1.82) is 0 Å². The summed E-state index contributed by atoms with van der Waals surface area (Å²) in [6.07, 6.45) is -0.345. The van der Waals surface area contributed by atoms with E-state index in [4.69, 9.17) is 0 Å². The van der Waals surface area contributed by atoms with Gasteiger partial charge in [-0.05, 0) is 0 Å². The minimum atomic E-state index is -0.766. The fraction of sp³-hybridized carbons (Fsp3) is 0.667. The van der Waals surface area contributed by atoms with Gasteiger partial charge in [-0.25, -0.2) is 4.79 Å². The van der Waals surface area contributed by atoms with Crippen LogP contribution in [0.2, 0.25) is 0 Å². The van der Waals surface area contributed by atoms with Crippen molar-refractivity contribution in [3.63, 3.8) is 0 Å². The zero-order chi connectivity index (χ0) is 8.27. The molecule has 0 aliphatic carbocycles. The van der Waals surface area contributed by atoms with Crippen LogP contribution in [0.3, 0.4) is 0 Å². The molecule has 0 aromatic carbocycles. The monoisotopic (exact) mass is 159 g/mol. The Hall–Kier alpha value is -1.26. The number of amides is 1. The van der Waals surface area contributed by atoms with Crippen molar-refractivity contribution < 1.29 is 19.1 Å². The molecule has 1 atom stereocenters. The maximum Gasteiger partial charge on any atom is 0.509 e. The third-order valence-electron chi connectivity index (χ3n) is 1.36. The lowest BCUT2D eigenvalue weighted by molar-refractivity contribution is -0.120. The molecule has 62 valence electrons. The van der Waals surface area contributed by atoms with E-state index in [-0.39, 0.29) is 5.91 Å². The Morgan fingerprint density at radius 3 is 2.91 bits per heavy atom. The molecular weight excluding hydrogens is 150 g/mol. The number of hydrogen-bond donors (Lipinski definition) is 1. The minimum Gasteiger partial charge on any atom is -0.438 e. The van der Waals surface area contributed by atoms with Crippen LogP contribution < -0.4 is 5.32 Å². The molecule has 1 saturated heterocycles. The van der Waals surface area contributed by atoms with Crippen LogP contribution in [0.15, 0.2) is 0 Å². The van der Waals surface area contributed by atoms with Gasteiger partial charge in [0.2, 0.25) is 5.91 Å². The molecule has 0 aromatic rings. The maximum absolute atomic E-state index is 10.6. The van der Waals surface area contributed by atoms with Crippen LogP contribution in [0.25, 0.3) is 0 Å². The fourth-order valence-corrected chi connectivity index (χ4v) is 0.839. The summed E-state index contributed by atoms with van der Waals surface area (Å²) in [5.41, 5.74) is 0. The fourth-order valence-electron chi connectivity index (χ4n) is 0.839. The number of rotatable bonds is 1. The first-order valence-electron chi connectivity index (χ1n) is 3.26. The Kier molecular flexibility index (Phi) is 2.30. The molecule has 5 nitrogen and oxygen atoms in total. The number of methoxy groups -OCH3 is 1. The molecule has 1 amide bonds. The first-order chi connectivity index (χ1) is 5.22. The summed E-state index contributed by atoms with van der Waals surface area (Å²) in [6.45, 7) is 0. The summed E-state index contributed by atoms with van der Waals surface area (Å²) in [5.74, 6) is -0.0982. The molecule has 11 heavy (non-hydrogen) atoms. The van der Waals surface area contributed by atoms with Crippen molar-refractivity contribution in [2.24, 2.45) is 0 Å². The summed E-state index contributed by atoms with van der Waals surface area (Å²) in [4.78, 5) is 21.1. The number of carbonyl (C=O) groups excluding carboxylic acids is 2. The smallest absolute Gasteiger partial charge is 0.438 e. The van der Waals surface area contributed by atoms with E-state index in [1.54, 1.807) is 0 Å². The standard InChI is InChI=1S/C6H9NO4/c1-10-6(9)11-5-3-2-4(8)7-5/h5H,2-3H2,1H3,(H,7,8). The summed E-state index contributed by atoms with van der Waals surface area (Å²) >= 11 is 0. The van der Waals surface area contributed by atoms with Crippen LogP contribution >= 0.6 is 0 Å². The van der Waals surface area contributed by atoms with Crippen molar-refractivity contribution in [3.05, 3.63) is 0 Å². The lowest BCUT2D eigenvalue weighted by Gasteiger charge is -2.09. The average Bonchev–Trinajstić information content (AvgIpc) is 2.35. The van der Waals surface area contributed by atoms with Crippen LogP contribution in [-0.4, -0.2) is 25.4 Å². The Labute approximate surface area is 63.7 Å². The third-order valence-corrected chi connectivity index (χ3v) is 1.36. The van der Waals surface area contributed by atoms with Gasteiger partial charge < -0.3 is 14.8 Å². The van der Waals surface area contributed by atoms with E-state index in [9.17, 15) is 9.59 Å². The van der Waals surface area contributed by atoms with Gasteiger partial charge >= 0.3 is 6.16 Å². The summed E-state index contributed by atoms with van der Waals surface area (Å²) in [6, 6.07) is 0. The van der Waals surface area contributed by atoms with E-state index >= 15 is 0 Å². The molecule has 0 radical (unpaired) electrons. The SMILES string of the molecule is COC(=O)OC1CCC(=O)N1. The van der Waals surface area contributed by atoms with Crippen molar-refractivity contribution >= 4 is 12.1 Å². The highest BCUT2D eigenvalue weighted by molar-refractivity contribution is 5.78. The Morgan fingerprint density at radius 2 is 2.45 bits per heavy atom. The second kappa shape index (κ2) is 3.23. The molecule has 1 fully saturated rings. The minimum absolute atomic E-state index is 0.0982. The Morgan fingerprint density at radius 1 is 1.73 bits per heavy atom. The molecule has 1 aliphatic rings. The van der Waals surface area contributed by atoms with Crippen LogP contribution in [-0.2, 0) is 14.3 Å². The number of carbonyl (C=O) groups is 2. The predicted octanol–water partition coefficient (Wildman–Crippen LogP) is 0.00550. The normalized spacial score (nSPS) is 22.6. The van der Waals surface area contributed by atoms with E-state index < -0.39 is 12.4 Å². The molecule has 1 N–H and O–H groups in total. The van der Waals surface area contributed by atoms with E-state index in [1.165, 1.54) is 7.11 Å². The zero-order valence-corrected chi connectivity index (χ0v) is 6.12. The van der Waals surface area contributed by atoms with Gasteiger partial charge in [0.25, 0.3) is 0 Å². The van der Waals surface area contributed by atoms with Crippen LogP contribution in [0.5, 0.6) is 0 Å². The molecule has 1 unspecified atom stereocenters. The van der Waals surface area contributed by atoms with Gasteiger partial charge in [0, 0.05) is 12.8 Å². The van der Waals surface area contributed by atoms with Gasteiger partial charge in [-0.1, -0.05) is 0 Å². The first-order valence-corrected chi connectivity index (χ1v) is 3.26. The van der Waals surface area contributed by atoms with E-state index in [1.807, 2.05) is 0 Å². The van der Waals surface area contributed by atoms with Crippen molar-refractivity contribution in [2.45, 2.75) is 19.1 Å². The predicted molar refractivity (Wildman–Crippen MR) is 34.7 cm³/mol. The average molecular weight is 159 g/mol. The molecule has 0 saturated carbocycles. The molecular formula is C6H9NO4.